The van der Waals surface area contributed by atoms with E-state index in [1.165, 1.54) is 46.5 Å². The van der Waals surface area contributed by atoms with Crippen LogP contribution in [0.5, 0.6) is 23.0 Å². The Kier molecular flexibility index (Phi) is 13.6. The zero-order valence-corrected chi connectivity index (χ0v) is 44.8. The number of anilines is 4. The van der Waals surface area contributed by atoms with Crippen LogP contribution in [0.2, 0.25) is 0 Å². The fourth-order valence-electron chi connectivity index (χ4n) is 12.3. The second kappa shape index (κ2) is 21.1. The number of nitrogens with zero attached hydrogens (tertiary/aromatic N) is 4. The van der Waals surface area contributed by atoms with Gasteiger partial charge in [0.2, 0.25) is 0 Å². The Morgan fingerprint density at radius 2 is 1.16 bits per heavy atom. The normalized spacial score (nSPS) is 17.4. The van der Waals surface area contributed by atoms with Crippen LogP contribution < -0.4 is 38.5 Å². The molecule has 8 aromatic carbocycles. The third-order valence-electron chi connectivity index (χ3n) is 16.5. The van der Waals surface area contributed by atoms with Crippen molar-refractivity contribution < 1.29 is 23.7 Å². The quantitative estimate of drug-likeness (QED) is 0.0567. The number of hydrogen-bond acceptors (Lipinski definition) is 9. The molecule has 2 saturated heterocycles. The topological polar surface area (TPSA) is 67.0 Å². The number of methoxy groups -OCH3 is 1. The molecule has 0 N–H and O–H groups in total. The van der Waals surface area contributed by atoms with Crippen molar-refractivity contribution in [3.05, 3.63) is 209 Å². The number of hydrogen-bond donors (Lipinski definition) is 0. The molecule has 0 spiro atoms. The van der Waals surface area contributed by atoms with Crippen molar-refractivity contribution in [1.82, 2.24) is 0 Å². The van der Waals surface area contributed by atoms with E-state index < -0.39 is 11.6 Å². The standard InChI is InChI=1S/C68H68N4O5/c1-5-6-7-16-45-75-54-31-23-48(24-32-54)66(73)76-55-33-29-53(30-34-55)71-41-43-72(44-42-71)61-46-58-59(47-62(61)74-4)65-57(64-63(58)56-21-14-15-22-60(56)67(64,2)3)35-36-68(77-65,49-17-10-8-11-18-49)50-25-27-52(28-26-50)70-39-37-69(38-40-70)51-19-12-9-13-20-51/h8-15,17-36,46-47H,5-7,16,37-45H2,1-4H3. The molecule has 1 unspecified atom stereocenters. The molecule has 12 rings (SSSR count). The SMILES string of the molecule is CCCCCCOc1ccc(C(=O)Oc2ccc(N3CCN(c4cc5c6c(c7c(c5cc4OC)OC(c4ccccc4)(c4ccc(N5CCN(c8ccccc8)CC5)cc4)C=C7)C(C)(C)c4ccccc4-6)CC3)cc2)cc1. The maximum Gasteiger partial charge on any atom is 0.343 e. The predicted octanol–water partition coefficient (Wildman–Crippen LogP) is 14.3. The maximum atomic E-state index is 13.1. The van der Waals surface area contributed by atoms with E-state index in [1.807, 2.05) is 36.4 Å². The molecule has 1 aliphatic carbocycles. The summed E-state index contributed by atoms with van der Waals surface area (Å²) in [5.41, 5.74) is 12.4. The van der Waals surface area contributed by atoms with E-state index in [1.54, 1.807) is 19.2 Å². The Balaban J connectivity index is 0.819. The lowest BCUT2D eigenvalue weighted by molar-refractivity contribution is 0.0734. The fourth-order valence-corrected chi connectivity index (χ4v) is 12.3. The molecule has 9 nitrogen and oxygen atoms in total. The highest BCUT2D eigenvalue weighted by Gasteiger charge is 2.45. The van der Waals surface area contributed by atoms with E-state index in [9.17, 15) is 4.79 Å². The summed E-state index contributed by atoms with van der Waals surface area (Å²) in [4.78, 5) is 22.9. The summed E-state index contributed by atoms with van der Waals surface area (Å²) in [6.45, 7) is 14.7. The third-order valence-corrected chi connectivity index (χ3v) is 16.5. The first-order chi connectivity index (χ1) is 37.7. The van der Waals surface area contributed by atoms with Crippen LogP contribution in [-0.2, 0) is 11.0 Å². The maximum absolute atomic E-state index is 13.1. The van der Waals surface area contributed by atoms with Crippen molar-refractivity contribution >= 4 is 45.6 Å². The molecule has 390 valence electrons. The molecular formula is C68H68N4O5. The molecule has 9 heteroatoms. The Morgan fingerprint density at radius 3 is 1.81 bits per heavy atom. The van der Waals surface area contributed by atoms with E-state index in [-0.39, 0.29) is 5.41 Å². The molecule has 2 fully saturated rings. The smallest absolute Gasteiger partial charge is 0.343 e. The first kappa shape index (κ1) is 49.7. The van der Waals surface area contributed by atoms with Gasteiger partial charge in [-0.1, -0.05) is 131 Å². The molecule has 8 aromatic rings. The minimum absolute atomic E-state index is 0.287. The van der Waals surface area contributed by atoms with Gasteiger partial charge in [-0.25, -0.2) is 4.79 Å². The lowest BCUT2D eigenvalue weighted by Crippen LogP contribution is -2.46. The second-order valence-corrected chi connectivity index (χ2v) is 21.4. The Morgan fingerprint density at radius 1 is 0.584 bits per heavy atom. The minimum atomic E-state index is -0.896. The van der Waals surface area contributed by atoms with Crippen LogP contribution in [0.15, 0.2) is 176 Å². The lowest BCUT2D eigenvalue weighted by Gasteiger charge is -2.40. The highest BCUT2D eigenvalue weighted by molar-refractivity contribution is 6.10. The molecule has 77 heavy (non-hydrogen) atoms. The molecule has 0 bridgehead atoms. The van der Waals surface area contributed by atoms with E-state index in [0.717, 1.165) is 121 Å². The number of para-hydroxylation sites is 1. The molecule has 0 amide bonds. The van der Waals surface area contributed by atoms with Gasteiger partial charge in [-0.2, -0.15) is 0 Å². The number of benzene rings is 8. The van der Waals surface area contributed by atoms with Gasteiger partial charge >= 0.3 is 5.97 Å². The Bertz CT molecular complexity index is 3420. The van der Waals surface area contributed by atoms with Crippen molar-refractivity contribution in [1.29, 1.82) is 0 Å². The summed E-state index contributed by atoms with van der Waals surface area (Å²) in [6.07, 6.45) is 9.23. The number of fused-ring (bicyclic) bond motifs is 8. The molecule has 0 radical (unpaired) electrons. The number of ether oxygens (including phenoxy) is 4. The van der Waals surface area contributed by atoms with Crippen molar-refractivity contribution in [3.63, 3.8) is 0 Å². The monoisotopic (exact) mass is 1020 g/mol. The van der Waals surface area contributed by atoms with Crippen LogP contribution in [0, 0.1) is 0 Å². The second-order valence-electron chi connectivity index (χ2n) is 21.4. The van der Waals surface area contributed by atoms with E-state index >= 15 is 0 Å². The van der Waals surface area contributed by atoms with Gasteiger partial charge in [-0.3, -0.25) is 0 Å². The van der Waals surface area contributed by atoms with Gasteiger partial charge in [0.25, 0.3) is 0 Å². The average Bonchev–Trinajstić information content (AvgIpc) is 4.03. The average molecular weight is 1020 g/mol. The highest BCUT2D eigenvalue weighted by atomic mass is 16.5. The van der Waals surface area contributed by atoms with Gasteiger partial charge in [0, 0.05) is 96.9 Å². The zero-order valence-electron chi connectivity index (χ0n) is 44.8. The number of esters is 1. The van der Waals surface area contributed by atoms with Gasteiger partial charge in [-0.05, 0) is 125 Å². The number of unbranched alkanes of at least 4 members (excludes halogenated alkanes) is 3. The Labute approximate surface area is 453 Å². The van der Waals surface area contributed by atoms with Crippen molar-refractivity contribution in [3.8, 4) is 34.1 Å². The summed E-state index contributed by atoms with van der Waals surface area (Å²) in [5, 5.41) is 2.19. The summed E-state index contributed by atoms with van der Waals surface area (Å²) in [6, 6.07) is 59.1. The number of carbonyl (C=O) groups is 1. The summed E-state index contributed by atoms with van der Waals surface area (Å²) < 4.78 is 25.8. The highest BCUT2D eigenvalue weighted by Crippen LogP contribution is 2.59. The first-order valence-electron chi connectivity index (χ1n) is 27.7. The van der Waals surface area contributed by atoms with Gasteiger partial charge in [-0.15, -0.1) is 0 Å². The van der Waals surface area contributed by atoms with Gasteiger partial charge in [0.05, 0.1) is 25.0 Å². The zero-order chi connectivity index (χ0) is 52.5. The molecule has 4 aliphatic rings. The van der Waals surface area contributed by atoms with Crippen molar-refractivity contribution in [2.75, 3.05) is 85.7 Å². The van der Waals surface area contributed by atoms with Gasteiger partial charge in [0.15, 0.2) is 5.60 Å². The molecule has 3 aliphatic heterocycles. The summed E-state index contributed by atoms with van der Waals surface area (Å²) in [5.74, 6) is 2.56. The molecule has 3 heterocycles. The fraction of sp³-hybridized carbons (Fsp3) is 0.279. The van der Waals surface area contributed by atoms with Crippen LogP contribution in [0.3, 0.4) is 0 Å². The number of carbonyl (C=O) groups excluding carboxylic acids is 1. The summed E-state index contributed by atoms with van der Waals surface area (Å²) >= 11 is 0. The van der Waals surface area contributed by atoms with E-state index in [2.05, 4.69) is 174 Å². The summed E-state index contributed by atoms with van der Waals surface area (Å²) in [7, 11) is 1.78. The number of rotatable bonds is 15. The van der Waals surface area contributed by atoms with Crippen molar-refractivity contribution in [2.24, 2.45) is 0 Å². The molecule has 0 saturated carbocycles. The number of piperazine rings is 2. The molecule has 1 atom stereocenters. The first-order valence-corrected chi connectivity index (χ1v) is 27.7. The lowest BCUT2D eigenvalue weighted by atomic mass is 9.76. The van der Waals surface area contributed by atoms with Crippen molar-refractivity contribution in [2.45, 2.75) is 57.5 Å². The minimum Gasteiger partial charge on any atom is -0.495 e. The van der Waals surface area contributed by atoms with E-state index in [0.29, 0.717) is 17.9 Å². The third kappa shape index (κ3) is 9.40. The largest absolute Gasteiger partial charge is 0.495 e. The van der Waals surface area contributed by atoms with Crippen LogP contribution in [-0.4, -0.2) is 72.0 Å². The van der Waals surface area contributed by atoms with Crippen LogP contribution in [0.1, 0.15) is 84.6 Å². The predicted molar refractivity (Wildman–Crippen MR) is 314 cm³/mol. The van der Waals surface area contributed by atoms with Crippen LogP contribution >= 0.6 is 0 Å². The molecular weight excluding hydrogens is 953 g/mol. The van der Waals surface area contributed by atoms with Crippen LogP contribution in [0.4, 0.5) is 22.7 Å². The Hall–Kier alpha value is -8.17. The van der Waals surface area contributed by atoms with E-state index in [4.69, 9.17) is 18.9 Å². The molecule has 0 aromatic heterocycles. The van der Waals surface area contributed by atoms with Crippen LogP contribution in [0.25, 0.3) is 28.0 Å². The van der Waals surface area contributed by atoms with Gasteiger partial charge in [0.1, 0.15) is 23.0 Å². The van der Waals surface area contributed by atoms with Gasteiger partial charge < -0.3 is 38.5 Å².